The van der Waals surface area contributed by atoms with Crippen LogP contribution in [0, 0.1) is 12.5 Å². The summed E-state index contributed by atoms with van der Waals surface area (Å²) in [6.07, 6.45) is 4.01. The van der Waals surface area contributed by atoms with Gasteiger partial charge in [0.05, 0.1) is 0 Å². The molecule has 0 radical (unpaired) electrons. The first-order valence-electron chi connectivity index (χ1n) is 2.84. The molecule has 0 saturated carbocycles. The monoisotopic (exact) mass is 444 g/mol. The summed E-state index contributed by atoms with van der Waals surface area (Å²) >= 11 is 0. The molecule has 0 N–H and O–H groups in total. The summed E-state index contributed by atoms with van der Waals surface area (Å²) in [7, 11) is 0. The van der Waals surface area contributed by atoms with Crippen LogP contribution in [-0.2, 0) is 0 Å². The van der Waals surface area contributed by atoms with E-state index in [2.05, 4.69) is 13.8 Å². The van der Waals surface area contributed by atoms with Gasteiger partial charge in [-0.15, -0.1) is 0 Å². The molecule has 0 saturated heterocycles. The van der Waals surface area contributed by atoms with E-state index in [1.165, 1.54) is 6.42 Å². The van der Waals surface area contributed by atoms with E-state index in [1.54, 1.807) is 6.08 Å². The quantitative estimate of drug-likeness (QED) is 0.498. The molecule has 0 bridgehead atoms. The summed E-state index contributed by atoms with van der Waals surface area (Å²) in [5, 5.41) is 0. The third kappa shape index (κ3) is 58.7. The number of hydrogen-bond acceptors (Lipinski definition) is 0. The second-order valence-electron chi connectivity index (χ2n) is 1.98. The molecule has 0 aromatic carbocycles. The summed E-state index contributed by atoms with van der Waals surface area (Å²) in [5.74, 6) is 0.769. The molecule has 0 spiro atoms. The van der Waals surface area contributed by atoms with Crippen molar-refractivity contribution in [1.82, 2.24) is 0 Å². The Morgan fingerprint density at radius 2 is 1.38 bits per heavy atom. The van der Waals surface area contributed by atoms with E-state index in [4.69, 9.17) is 6.58 Å². The molecule has 0 aliphatic carbocycles. The first-order chi connectivity index (χ1) is 3.31. The molecule has 0 aromatic rings. The van der Waals surface area contributed by atoms with E-state index in [9.17, 15) is 0 Å². The minimum Gasteiger partial charge on any atom is -0.518 e. The van der Waals surface area contributed by atoms with Gasteiger partial charge in [0.15, 0.2) is 0 Å². The standard InChI is InChI=1S/C7H13.5CH4.Rf/c1-4-6-7(3)5-2;;;;;;/h1,4,7H,5-6H2,2-3H3;5*1H4;/q-1;;;;;;. The minimum atomic E-state index is 0. The second-order valence-corrected chi connectivity index (χ2v) is 1.98. The van der Waals surface area contributed by atoms with Crippen LogP contribution >= 0.6 is 0 Å². The minimum absolute atomic E-state index is 0. The van der Waals surface area contributed by atoms with Crippen LogP contribution in [0.4, 0.5) is 0 Å². The van der Waals surface area contributed by atoms with Gasteiger partial charge >= 0.3 is 0 Å². The average Bonchev–Trinajstić information content (AvgIpc) is 1.68. The third-order valence-electron chi connectivity index (χ3n) is 1.24. The predicted molar refractivity (Wildman–Crippen MR) is 66.6 cm³/mol. The number of hydrogen-bond donors (Lipinski definition) is 0. The van der Waals surface area contributed by atoms with Gasteiger partial charge in [-0.3, -0.25) is 6.08 Å². The normalized spacial score (nSPS) is 7.23. The zero-order chi connectivity index (χ0) is 5.70. The van der Waals surface area contributed by atoms with Gasteiger partial charge in [-0.05, 0) is 5.92 Å². The van der Waals surface area contributed by atoms with E-state index in [-0.39, 0.29) is 37.1 Å². The van der Waals surface area contributed by atoms with Crippen LogP contribution in [0.1, 0.15) is 63.8 Å². The zero-order valence-electron chi connectivity index (χ0n) is 5.85. The fourth-order valence-corrected chi connectivity index (χ4v) is 0.399. The van der Waals surface area contributed by atoms with Crippen molar-refractivity contribution in [2.24, 2.45) is 5.92 Å². The van der Waals surface area contributed by atoms with E-state index >= 15 is 0 Å². The molecule has 0 aliphatic heterocycles. The van der Waals surface area contributed by atoms with Crippen LogP contribution in [0.15, 0.2) is 6.08 Å². The van der Waals surface area contributed by atoms with Crippen LogP contribution in [0.5, 0.6) is 0 Å². The predicted octanol–water partition coefficient (Wildman–Crippen LogP) is 5.59. The molecule has 0 nitrogen and oxygen atoms in total. The van der Waals surface area contributed by atoms with E-state index in [0.29, 0.717) is 0 Å². The Hall–Kier alpha value is -1.26. The summed E-state index contributed by atoms with van der Waals surface area (Å²) in [6.45, 7) is 9.55. The summed E-state index contributed by atoms with van der Waals surface area (Å²) in [5.41, 5.74) is 0. The Morgan fingerprint density at radius 1 is 1.08 bits per heavy atom. The molecule has 1 atom stereocenters. The molecule has 0 amide bonds. The van der Waals surface area contributed by atoms with Gasteiger partial charge in [0.1, 0.15) is 0 Å². The van der Waals surface area contributed by atoms with Gasteiger partial charge in [0.2, 0.25) is 0 Å². The first-order valence-corrected chi connectivity index (χ1v) is 2.84. The van der Waals surface area contributed by atoms with Crippen molar-refractivity contribution < 1.29 is 0 Å². The molecule has 0 fully saturated rings. The van der Waals surface area contributed by atoms with Gasteiger partial charge in [0, 0.05) is 0 Å². The van der Waals surface area contributed by atoms with Crippen molar-refractivity contribution in [2.45, 2.75) is 63.8 Å². The number of allylic oxidation sites excluding steroid dienone is 1. The van der Waals surface area contributed by atoms with Gasteiger partial charge in [-0.1, -0.05) is 63.8 Å². The van der Waals surface area contributed by atoms with Gasteiger partial charge in [0.25, 0.3) is 0 Å². The molecule has 0 rings (SSSR count). The maximum Gasteiger partial charge on any atom is 0 e. The van der Waals surface area contributed by atoms with Crippen molar-refractivity contribution >= 4 is 0 Å². The fourth-order valence-electron chi connectivity index (χ4n) is 0.399. The topological polar surface area (TPSA) is 0 Å². The largest absolute Gasteiger partial charge is 0.518 e. The molecule has 13 heavy (non-hydrogen) atoms. The zero-order valence-corrected chi connectivity index (χ0v) is 12.3. The molecule has 0 aliphatic rings. The molecule has 0 aromatic heterocycles. The van der Waals surface area contributed by atoms with Crippen molar-refractivity contribution in [1.29, 1.82) is 0 Å². The van der Waals surface area contributed by atoms with Gasteiger partial charge in [-0.25, -0.2) is 0 Å². The Morgan fingerprint density at radius 3 is 1.46 bits per heavy atom. The Bertz CT molecular complexity index is 51.1. The Balaban J connectivity index is -0.0000000120. The molecular formula is C12H33Rf-. The molecule has 0 heterocycles. The van der Waals surface area contributed by atoms with Crippen LogP contribution in [-0.4, -0.2) is 0 Å². The van der Waals surface area contributed by atoms with Gasteiger partial charge < -0.3 is 6.58 Å². The van der Waals surface area contributed by atoms with Crippen LogP contribution < -0.4 is 0 Å². The molecule has 1 unspecified atom stereocenters. The maximum absolute atomic E-state index is 5.18. The van der Waals surface area contributed by atoms with Gasteiger partial charge in [-0.2, -0.15) is 0 Å². The second kappa shape index (κ2) is 45.3. The Labute approximate surface area is 83.1 Å². The smallest absolute Gasteiger partial charge is 0 e. The van der Waals surface area contributed by atoms with Crippen LogP contribution in [0.3, 0.4) is 0 Å². The fraction of sp³-hybridized carbons (Fsp3) is 0.833. The van der Waals surface area contributed by atoms with E-state index in [0.717, 1.165) is 12.3 Å². The maximum atomic E-state index is 5.18. The SMILES string of the molecule is C.C.C.C.C.[CH-]=CCC(C)CC.[Rf]. The van der Waals surface area contributed by atoms with Crippen LogP contribution in [0.25, 0.3) is 0 Å². The molecule has 84 valence electrons. The van der Waals surface area contributed by atoms with Crippen molar-refractivity contribution in [3.05, 3.63) is 12.7 Å². The third-order valence-corrected chi connectivity index (χ3v) is 1.24. The van der Waals surface area contributed by atoms with Crippen molar-refractivity contribution in [3.63, 3.8) is 0 Å². The first kappa shape index (κ1) is 60.3. The van der Waals surface area contributed by atoms with Crippen molar-refractivity contribution in [2.75, 3.05) is 0 Å². The van der Waals surface area contributed by atoms with E-state index in [1.807, 2.05) is 0 Å². The average molecular weight is 444 g/mol. The Kier molecular flexibility index (Phi) is 210. The molecular weight excluding hydrogens is 411 g/mol. The summed E-state index contributed by atoms with van der Waals surface area (Å²) < 4.78 is 0. The summed E-state index contributed by atoms with van der Waals surface area (Å²) in [6, 6.07) is 0. The summed E-state index contributed by atoms with van der Waals surface area (Å²) in [4.78, 5) is 0. The van der Waals surface area contributed by atoms with E-state index < -0.39 is 0 Å². The molecule has 1 heteroatoms. The number of rotatable bonds is 3. The van der Waals surface area contributed by atoms with Crippen molar-refractivity contribution in [3.8, 4) is 0 Å². The van der Waals surface area contributed by atoms with Crippen LogP contribution in [0.2, 0.25) is 0 Å².